The molecular weight excluding hydrogens is 218 g/mol. The Morgan fingerprint density at radius 1 is 1.35 bits per heavy atom. The van der Waals surface area contributed by atoms with E-state index in [-0.39, 0.29) is 5.92 Å². The molecule has 0 amide bonds. The van der Waals surface area contributed by atoms with Crippen molar-refractivity contribution in [1.82, 2.24) is 10.4 Å². The van der Waals surface area contributed by atoms with Gasteiger partial charge in [-0.1, -0.05) is 4.74 Å². The average molecular weight is 242 g/mol. The largest absolute Gasteiger partial charge is 0.354 e. The summed E-state index contributed by atoms with van der Waals surface area (Å²) in [5, 5.41) is 25.2. The number of hydroxylamine groups is 3. The molecule has 2 rings (SSSR count). The van der Waals surface area contributed by atoms with Gasteiger partial charge in [-0.25, -0.2) is 5.21 Å². The number of hydrogen-bond donors (Lipinski definition) is 3. The molecule has 2 aliphatic rings. The van der Waals surface area contributed by atoms with E-state index < -0.39 is 11.1 Å². The lowest BCUT2D eigenvalue weighted by molar-refractivity contribution is -0.821. The van der Waals surface area contributed by atoms with Crippen molar-refractivity contribution >= 4 is 5.84 Å². The van der Waals surface area contributed by atoms with Gasteiger partial charge in [0, 0.05) is 6.54 Å². The van der Waals surface area contributed by atoms with Gasteiger partial charge in [0.15, 0.2) is 11.1 Å². The van der Waals surface area contributed by atoms with E-state index in [2.05, 4.69) is 5.32 Å². The molecule has 0 spiro atoms. The number of piperidine rings is 1. The fourth-order valence-electron chi connectivity index (χ4n) is 2.60. The van der Waals surface area contributed by atoms with E-state index in [1.54, 1.807) is 0 Å². The number of nitrogens with zero attached hydrogens (tertiary/aromatic N) is 2. The molecule has 1 unspecified atom stereocenters. The summed E-state index contributed by atoms with van der Waals surface area (Å²) in [7, 11) is 0. The van der Waals surface area contributed by atoms with Crippen molar-refractivity contribution in [2.45, 2.75) is 51.6 Å². The summed E-state index contributed by atoms with van der Waals surface area (Å²) >= 11 is 0. The average Bonchev–Trinajstić information content (AvgIpc) is 2.40. The fraction of sp³-hybridized carbons (Fsp3) is 0.917. The van der Waals surface area contributed by atoms with Gasteiger partial charge in [0.05, 0.1) is 5.92 Å². The van der Waals surface area contributed by atoms with E-state index in [1.807, 2.05) is 27.7 Å². The Hall–Kier alpha value is -0.810. The number of nitrogens with one attached hydrogen (secondary N) is 1. The Kier molecular flexibility index (Phi) is 2.86. The normalized spacial score (nSPS) is 32.1. The zero-order valence-corrected chi connectivity index (χ0v) is 11.2. The third-order valence-corrected chi connectivity index (χ3v) is 4.65. The van der Waals surface area contributed by atoms with Gasteiger partial charge in [0.1, 0.15) is 0 Å². The summed E-state index contributed by atoms with van der Waals surface area (Å²) in [5.74, 6) is 0.812. The third kappa shape index (κ3) is 1.64. The van der Waals surface area contributed by atoms with Crippen LogP contribution in [0.5, 0.6) is 0 Å². The molecule has 0 radical (unpaired) electrons. The molecule has 0 aromatic rings. The summed E-state index contributed by atoms with van der Waals surface area (Å²) in [6.45, 7) is 9.61. The fourth-order valence-corrected chi connectivity index (χ4v) is 2.60. The molecule has 0 aromatic heterocycles. The highest BCUT2D eigenvalue weighted by Gasteiger charge is 2.63. The third-order valence-electron chi connectivity index (χ3n) is 4.65. The number of rotatable bonds is 1. The molecule has 5 heteroatoms. The second kappa shape index (κ2) is 3.85. The highest BCUT2D eigenvalue weighted by Crippen LogP contribution is 2.37. The zero-order valence-electron chi connectivity index (χ0n) is 11.2. The van der Waals surface area contributed by atoms with Crippen LogP contribution in [-0.4, -0.2) is 50.2 Å². The Morgan fingerprint density at radius 3 is 2.41 bits per heavy atom. The predicted molar refractivity (Wildman–Crippen MR) is 64.4 cm³/mol. The van der Waals surface area contributed by atoms with Crippen molar-refractivity contribution in [3.05, 3.63) is 0 Å². The van der Waals surface area contributed by atoms with Crippen LogP contribution in [0.1, 0.15) is 40.5 Å². The van der Waals surface area contributed by atoms with Gasteiger partial charge in [0.25, 0.3) is 0 Å². The Labute approximate surface area is 103 Å². The van der Waals surface area contributed by atoms with Crippen LogP contribution in [0, 0.1) is 5.92 Å². The Balaban J connectivity index is 2.35. The van der Waals surface area contributed by atoms with Crippen molar-refractivity contribution < 1.29 is 15.2 Å². The lowest BCUT2D eigenvalue weighted by atomic mass is 9.84. The second-order valence-electron chi connectivity index (χ2n) is 6.14. The Bertz CT molecular complexity index is 344. The smallest absolute Gasteiger partial charge is 0.321 e. The summed E-state index contributed by atoms with van der Waals surface area (Å²) in [5.41, 5.74) is -1.01. The van der Waals surface area contributed by atoms with Crippen LogP contribution in [0.4, 0.5) is 0 Å². The van der Waals surface area contributed by atoms with Crippen LogP contribution in [-0.2, 0) is 0 Å². The van der Waals surface area contributed by atoms with Gasteiger partial charge in [-0.15, -0.1) is 5.06 Å². The topological polar surface area (TPSA) is 58.7 Å². The Morgan fingerprint density at radius 2 is 2.00 bits per heavy atom. The minimum absolute atomic E-state index is 0.180. The minimum atomic E-state index is -0.505. The quantitative estimate of drug-likeness (QED) is 0.475. The molecule has 5 nitrogen and oxygen atoms in total. The molecule has 1 saturated heterocycles. The van der Waals surface area contributed by atoms with Crippen LogP contribution in [0.15, 0.2) is 0 Å². The molecule has 1 atom stereocenters. The second-order valence-corrected chi connectivity index (χ2v) is 6.14. The first-order valence-corrected chi connectivity index (χ1v) is 6.36. The first kappa shape index (κ1) is 12.6. The van der Waals surface area contributed by atoms with Gasteiger partial charge in [-0.2, -0.15) is 0 Å². The summed E-state index contributed by atoms with van der Waals surface area (Å²) in [4.78, 5) is 0. The molecule has 0 saturated carbocycles. The first-order valence-electron chi connectivity index (χ1n) is 6.36. The van der Waals surface area contributed by atoms with Gasteiger partial charge in [-0.05, 0) is 47.1 Å². The van der Waals surface area contributed by atoms with E-state index in [0.29, 0.717) is 5.84 Å². The molecule has 98 valence electrons. The molecule has 1 fully saturated rings. The maximum atomic E-state index is 10.3. The molecule has 2 aliphatic heterocycles. The van der Waals surface area contributed by atoms with Crippen LogP contribution >= 0.6 is 0 Å². The van der Waals surface area contributed by atoms with Gasteiger partial charge in [0.2, 0.25) is 0 Å². The van der Waals surface area contributed by atoms with Crippen molar-refractivity contribution in [1.29, 1.82) is 0 Å². The SMILES string of the molecule is CC1(C)N(O)C(C2CCCNC2)=[N+](O)C1(C)C. The number of hydrogen-bond acceptors (Lipinski definition) is 4. The maximum absolute atomic E-state index is 10.3. The van der Waals surface area contributed by atoms with Crippen LogP contribution in [0.25, 0.3) is 0 Å². The van der Waals surface area contributed by atoms with Crippen molar-refractivity contribution in [3.8, 4) is 0 Å². The van der Waals surface area contributed by atoms with E-state index in [4.69, 9.17) is 0 Å². The van der Waals surface area contributed by atoms with Crippen LogP contribution in [0.3, 0.4) is 0 Å². The molecule has 3 N–H and O–H groups in total. The molecule has 0 bridgehead atoms. The van der Waals surface area contributed by atoms with Crippen LogP contribution < -0.4 is 5.32 Å². The lowest BCUT2D eigenvalue weighted by Crippen LogP contribution is -2.54. The highest BCUT2D eigenvalue weighted by atomic mass is 16.5. The van der Waals surface area contributed by atoms with E-state index in [9.17, 15) is 10.4 Å². The van der Waals surface area contributed by atoms with Gasteiger partial charge < -0.3 is 10.5 Å². The van der Waals surface area contributed by atoms with Crippen LogP contribution in [0.2, 0.25) is 0 Å². The van der Waals surface area contributed by atoms with Gasteiger partial charge >= 0.3 is 5.84 Å². The highest BCUT2D eigenvalue weighted by molar-refractivity contribution is 5.81. The summed E-state index contributed by atoms with van der Waals surface area (Å²) in [6.07, 6.45) is 2.08. The summed E-state index contributed by atoms with van der Waals surface area (Å²) in [6, 6.07) is 0. The molecular formula is C12H24N3O2+. The first-order chi connectivity index (χ1) is 7.80. The minimum Gasteiger partial charge on any atom is -0.354 e. The molecule has 0 aromatic carbocycles. The molecule has 0 aliphatic carbocycles. The standard InChI is InChI=1S/C12H24N3O2/c1-11(2)12(3,4)15(17)10(14(11)16)9-6-5-7-13-8-9/h9,13,16-17H,5-8H2,1-4H3/q+1. The molecule has 2 heterocycles. The van der Waals surface area contributed by atoms with Crippen molar-refractivity contribution in [2.75, 3.05) is 13.1 Å². The van der Waals surface area contributed by atoms with E-state index >= 15 is 0 Å². The molecule has 17 heavy (non-hydrogen) atoms. The van der Waals surface area contributed by atoms with Crippen molar-refractivity contribution in [3.63, 3.8) is 0 Å². The van der Waals surface area contributed by atoms with E-state index in [0.717, 1.165) is 25.9 Å². The lowest BCUT2D eigenvalue weighted by Gasteiger charge is -2.30. The van der Waals surface area contributed by atoms with Crippen molar-refractivity contribution in [2.24, 2.45) is 5.92 Å². The number of amidine groups is 1. The van der Waals surface area contributed by atoms with E-state index in [1.165, 1.54) is 9.80 Å². The summed E-state index contributed by atoms with van der Waals surface area (Å²) < 4.78 is 1.25. The van der Waals surface area contributed by atoms with Gasteiger partial charge in [-0.3, -0.25) is 0 Å². The predicted octanol–water partition coefficient (Wildman–Crippen LogP) is 1.05. The zero-order chi connectivity index (χ0) is 12.8. The maximum Gasteiger partial charge on any atom is 0.321 e. The monoisotopic (exact) mass is 242 g/mol.